The predicted octanol–water partition coefficient (Wildman–Crippen LogP) is -0.176. The highest BCUT2D eigenvalue weighted by molar-refractivity contribution is 6.10. The summed E-state index contributed by atoms with van der Waals surface area (Å²) in [7, 11) is 0. The van der Waals surface area contributed by atoms with Crippen LogP contribution in [0.4, 0.5) is 0 Å². The number of nitrogens with one attached hydrogen (secondary N) is 2. The molecule has 2 saturated heterocycles. The SMILES string of the molecule is NC(=O)C1c2c(cccc2C2c3ccccc3C(=O)N2C2CCC(=O)NC2=O)C(=O)N1C1CCC(=O)NC1=O. The molecule has 12 heteroatoms. The molecular weight excluding hydrogens is 506 g/mol. The van der Waals surface area contributed by atoms with Gasteiger partial charge in [0, 0.05) is 29.5 Å². The van der Waals surface area contributed by atoms with Gasteiger partial charge in [-0.2, -0.15) is 0 Å². The molecule has 2 aromatic rings. The maximum Gasteiger partial charge on any atom is 0.255 e. The lowest BCUT2D eigenvalue weighted by Gasteiger charge is -2.36. The molecule has 0 saturated carbocycles. The van der Waals surface area contributed by atoms with Crippen LogP contribution in [0.1, 0.15) is 75.2 Å². The van der Waals surface area contributed by atoms with Crippen molar-refractivity contribution in [2.75, 3.05) is 0 Å². The highest BCUT2D eigenvalue weighted by Gasteiger charge is 2.52. The summed E-state index contributed by atoms with van der Waals surface area (Å²) in [5.74, 6) is -4.14. The van der Waals surface area contributed by atoms with E-state index >= 15 is 0 Å². The first-order chi connectivity index (χ1) is 18.7. The van der Waals surface area contributed by atoms with Crippen LogP contribution in [0.2, 0.25) is 0 Å². The standard InChI is InChI=1S/C27H23N5O7/c28-23(35)22-20-14(6-3-7-15(20)27(39)32(22)17-9-11-19(34)30-25(17)37)21-12-4-1-2-5-13(12)26(38)31(21)16-8-10-18(33)29-24(16)36/h1-7,16-17,21-22H,8-11H2,(H2,28,35)(H,29,33,36)(H,30,34,37). The Kier molecular flexibility index (Phi) is 5.56. The molecule has 0 aliphatic carbocycles. The second-order valence-corrected chi connectivity index (χ2v) is 9.96. The lowest BCUT2D eigenvalue weighted by molar-refractivity contribution is -0.139. The summed E-state index contributed by atoms with van der Waals surface area (Å²) >= 11 is 0. The number of carbonyl (C=O) groups excluding carboxylic acids is 7. The molecular formula is C27H23N5O7. The summed E-state index contributed by atoms with van der Waals surface area (Å²) < 4.78 is 0. The van der Waals surface area contributed by atoms with Gasteiger partial charge >= 0.3 is 0 Å². The molecule has 4 heterocycles. The van der Waals surface area contributed by atoms with Gasteiger partial charge in [0.2, 0.25) is 29.5 Å². The van der Waals surface area contributed by atoms with E-state index in [9.17, 15) is 33.6 Å². The fourth-order valence-corrected chi connectivity index (χ4v) is 6.18. The van der Waals surface area contributed by atoms with Crippen molar-refractivity contribution < 1.29 is 33.6 Å². The second-order valence-electron chi connectivity index (χ2n) is 9.96. The minimum Gasteiger partial charge on any atom is -0.368 e. The Bertz CT molecular complexity index is 1520. The molecule has 4 unspecified atom stereocenters. The number of amides is 7. The van der Waals surface area contributed by atoms with E-state index in [1.807, 2.05) is 0 Å². The molecule has 4 atom stereocenters. The summed E-state index contributed by atoms with van der Waals surface area (Å²) in [5, 5.41) is 4.50. The van der Waals surface area contributed by atoms with Crippen LogP contribution < -0.4 is 16.4 Å². The van der Waals surface area contributed by atoms with Gasteiger partial charge in [0.1, 0.15) is 18.1 Å². The van der Waals surface area contributed by atoms with Crippen molar-refractivity contribution in [2.24, 2.45) is 5.73 Å². The van der Waals surface area contributed by atoms with Crippen LogP contribution in [0.15, 0.2) is 42.5 Å². The zero-order valence-electron chi connectivity index (χ0n) is 20.5. The minimum absolute atomic E-state index is 0.0112. The molecule has 0 spiro atoms. The smallest absolute Gasteiger partial charge is 0.255 e. The Morgan fingerprint density at radius 1 is 0.718 bits per heavy atom. The molecule has 4 N–H and O–H groups in total. The molecule has 2 fully saturated rings. The molecule has 198 valence electrons. The normalized spacial score (nSPS) is 26.4. The third-order valence-electron chi connectivity index (χ3n) is 7.81. The first kappa shape index (κ1) is 24.5. The molecule has 0 radical (unpaired) electrons. The Morgan fingerprint density at radius 3 is 1.87 bits per heavy atom. The Labute approximate surface area is 221 Å². The number of benzene rings is 2. The average molecular weight is 530 g/mol. The number of hydrogen-bond donors (Lipinski definition) is 3. The van der Waals surface area contributed by atoms with Crippen molar-refractivity contribution >= 4 is 41.4 Å². The van der Waals surface area contributed by atoms with Gasteiger partial charge in [-0.15, -0.1) is 0 Å². The van der Waals surface area contributed by atoms with Gasteiger partial charge in [-0.25, -0.2) is 0 Å². The summed E-state index contributed by atoms with van der Waals surface area (Å²) in [6, 6.07) is 7.28. The number of nitrogens with zero attached hydrogens (tertiary/aromatic N) is 2. The van der Waals surface area contributed by atoms with E-state index in [-0.39, 0.29) is 36.8 Å². The van der Waals surface area contributed by atoms with Crippen molar-refractivity contribution in [3.05, 3.63) is 70.3 Å². The van der Waals surface area contributed by atoms with E-state index in [1.54, 1.807) is 36.4 Å². The van der Waals surface area contributed by atoms with E-state index in [1.165, 1.54) is 11.0 Å². The number of carbonyl (C=O) groups is 7. The maximum atomic E-state index is 13.7. The molecule has 12 nitrogen and oxygen atoms in total. The largest absolute Gasteiger partial charge is 0.368 e. The van der Waals surface area contributed by atoms with Crippen molar-refractivity contribution in [3.8, 4) is 0 Å². The van der Waals surface area contributed by atoms with Crippen molar-refractivity contribution in [1.82, 2.24) is 20.4 Å². The van der Waals surface area contributed by atoms with E-state index in [0.29, 0.717) is 16.7 Å². The number of rotatable bonds is 4. The van der Waals surface area contributed by atoms with Crippen LogP contribution in [0, 0.1) is 0 Å². The van der Waals surface area contributed by atoms with Crippen LogP contribution >= 0.6 is 0 Å². The summed E-state index contributed by atoms with van der Waals surface area (Å²) in [4.78, 5) is 92.0. The van der Waals surface area contributed by atoms with Crippen molar-refractivity contribution in [1.29, 1.82) is 0 Å². The Morgan fingerprint density at radius 2 is 1.26 bits per heavy atom. The number of nitrogens with two attached hydrogens (primary N) is 1. The molecule has 2 aromatic carbocycles. The zero-order valence-corrected chi connectivity index (χ0v) is 20.5. The van der Waals surface area contributed by atoms with Crippen LogP contribution in [-0.2, 0) is 24.0 Å². The lowest BCUT2D eigenvalue weighted by atomic mass is 9.88. The fraction of sp³-hybridized carbons (Fsp3) is 0.296. The van der Waals surface area contributed by atoms with Gasteiger partial charge in [-0.3, -0.25) is 44.2 Å². The molecule has 39 heavy (non-hydrogen) atoms. The molecule has 4 aliphatic heterocycles. The average Bonchev–Trinajstić information content (AvgIpc) is 3.36. The van der Waals surface area contributed by atoms with Gasteiger partial charge in [0.25, 0.3) is 11.8 Å². The Hall–Kier alpha value is -4.87. The number of fused-ring (bicyclic) bond motifs is 2. The predicted molar refractivity (Wildman–Crippen MR) is 131 cm³/mol. The van der Waals surface area contributed by atoms with E-state index < -0.39 is 65.5 Å². The number of primary amides is 1. The lowest BCUT2D eigenvalue weighted by Crippen LogP contribution is -2.55. The summed E-state index contributed by atoms with van der Waals surface area (Å²) in [6.45, 7) is 0. The Balaban J connectivity index is 1.51. The highest BCUT2D eigenvalue weighted by Crippen LogP contribution is 2.47. The zero-order chi connectivity index (χ0) is 27.6. The highest BCUT2D eigenvalue weighted by atomic mass is 16.2. The monoisotopic (exact) mass is 529 g/mol. The van der Waals surface area contributed by atoms with E-state index in [4.69, 9.17) is 5.73 Å². The first-order valence-electron chi connectivity index (χ1n) is 12.5. The minimum atomic E-state index is -1.35. The van der Waals surface area contributed by atoms with Gasteiger partial charge in [-0.05, 0) is 36.1 Å². The molecule has 4 aliphatic rings. The van der Waals surface area contributed by atoms with Gasteiger partial charge in [0.15, 0.2) is 0 Å². The summed E-state index contributed by atoms with van der Waals surface area (Å²) in [6.07, 6.45) is 0.164. The first-order valence-corrected chi connectivity index (χ1v) is 12.5. The topological polar surface area (TPSA) is 176 Å². The maximum absolute atomic E-state index is 13.7. The van der Waals surface area contributed by atoms with Crippen LogP contribution in [0.3, 0.4) is 0 Å². The molecule has 6 rings (SSSR count). The molecule has 0 aromatic heterocycles. The van der Waals surface area contributed by atoms with Crippen LogP contribution in [0.5, 0.6) is 0 Å². The second kappa shape index (κ2) is 8.86. The van der Waals surface area contributed by atoms with Gasteiger partial charge < -0.3 is 15.5 Å². The van der Waals surface area contributed by atoms with Crippen LogP contribution in [-0.4, -0.2) is 63.2 Å². The fourth-order valence-electron chi connectivity index (χ4n) is 6.18. The van der Waals surface area contributed by atoms with E-state index in [2.05, 4.69) is 10.6 Å². The van der Waals surface area contributed by atoms with Gasteiger partial charge in [0.05, 0.1) is 6.04 Å². The van der Waals surface area contributed by atoms with Gasteiger partial charge in [-0.1, -0.05) is 30.3 Å². The number of imide groups is 2. The van der Waals surface area contributed by atoms with Crippen LogP contribution in [0.25, 0.3) is 0 Å². The third kappa shape index (κ3) is 3.62. The van der Waals surface area contributed by atoms with Crippen molar-refractivity contribution in [3.63, 3.8) is 0 Å². The summed E-state index contributed by atoms with van der Waals surface area (Å²) in [5.41, 5.74) is 7.54. The molecule has 0 bridgehead atoms. The van der Waals surface area contributed by atoms with E-state index in [0.717, 1.165) is 4.90 Å². The van der Waals surface area contributed by atoms with Crippen molar-refractivity contribution in [2.45, 2.75) is 49.9 Å². The molecule has 7 amide bonds. The third-order valence-corrected chi connectivity index (χ3v) is 7.81. The number of hydrogen-bond acceptors (Lipinski definition) is 7. The quantitative estimate of drug-likeness (QED) is 0.460. The number of piperidine rings is 2.